The van der Waals surface area contributed by atoms with E-state index in [1.165, 1.54) is 0 Å². The van der Waals surface area contributed by atoms with Crippen LogP contribution in [-0.4, -0.2) is 14.8 Å². The number of hydrogen-bond acceptors (Lipinski definition) is 9. The van der Waals surface area contributed by atoms with Crippen molar-refractivity contribution in [2.75, 3.05) is 0 Å². The van der Waals surface area contributed by atoms with E-state index in [1.807, 2.05) is 0 Å². The predicted molar refractivity (Wildman–Crippen MR) is 98.8 cm³/mol. The summed E-state index contributed by atoms with van der Waals surface area (Å²) in [7, 11) is 0. The average Bonchev–Trinajstić information content (AvgIpc) is 2.71. The summed E-state index contributed by atoms with van der Waals surface area (Å²) in [5.41, 5.74) is -0.455. The second kappa shape index (κ2) is 8.31. The van der Waals surface area contributed by atoms with Crippen LogP contribution >= 0.6 is 0 Å². The maximum absolute atomic E-state index is 11.3. The third-order valence-corrected chi connectivity index (χ3v) is 3.37. The van der Waals surface area contributed by atoms with Crippen LogP contribution in [0.3, 0.4) is 0 Å². The van der Waals surface area contributed by atoms with Crippen LogP contribution in [0.5, 0.6) is 0 Å². The van der Waals surface area contributed by atoms with Crippen LogP contribution in [0, 0.1) is 20.2 Å². The van der Waals surface area contributed by atoms with Crippen LogP contribution in [-0.2, 0) is 0 Å². The van der Waals surface area contributed by atoms with E-state index in [9.17, 15) is 20.2 Å². The fourth-order valence-electron chi connectivity index (χ4n) is 2.09. The maximum Gasteiger partial charge on any atom is 0.322 e. The second-order valence-corrected chi connectivity index (χ2v) is 5.26. The Hall–Kier alpha value is -4.41. The fraction of sp³-hybridized carbons (Fsp3) is 0. The van der Waals surface area contributed by atoms with Gasteiger partial charge >= 0.3 is 11.4 Å². The van der Waals surface area contributed by atoms with Gasteiger partial charge in [0.1, 0.15) is 6.07 Å². The van der Waals surface area contributed by atoms with Gasteiger partial charge in [-0.3, -0.25) is 20.2 Å². The van der Waals surface area contributed by atoms with Gasteiger partial charge in [-0.05, 0) is 24.3 Å². The standard InChI is InChI=1S/C17H11N7O4/c25-23(26)14-11-15(24(27)28)17(22-20-13-9-5-2-6-10-13)18-16(14)21-19-12-7-3-1-4-8-12/h1-11H. The van der Waals surface area contributed by atoms with Gasteiger partial charge in [-0.2, -0.15) is 4.98 Å². The highest BCUT2D eigenvalue weighted by Crippen LogP contribution is 2.37. The second-order valence-electron chi connectivity index (χ2n) is 5.26. The number of aromatic nitrogens is 1. The number of pyridine rings is 1. The van der Waals surface area contributed by atoms with E-state index < -0.39 is 32.9 Å². The minimum Gasteiger partial charge on any atom is -0.258 e. The number of rotatable bonds is 6. The third-order valence-electron chi connectivity index (χ3n) is 3.37. The highest BCUT2D eigenvalue weighted by Gasteiger charge is 2.26. The van der Waals surface area contributed by atoms with Crippen molar-refractivity contribution in [1.82, 2.24) is 4.98 Å². The smallest absolute Gasteiger partial charge is 0.258 e. The lowest BCUT2D eigenvalue weighted by atomic mass is 10.3. The van der Waals surface area contributed by atoms with E-state index in [2.05, 4.69) is 25.4 Å². The van der Waals surface area contributed by atoms with Gasteiger partial charge in [0.2, 0.25) is 0 Å². The van der Waals surface area contributed by atoms with Crippen molar-refractivity contribution < 1.29 is 9.85 Å². The molecule has 1 heterocycles. The first kappa shape index (κ1) is 18.4. The van der Waals surface area contributed by atoms with Crippen molar-refractivity contribution in [3.05, 3.63) is 87.0 Å². The zero-order valence-electron chi connectivity index (χ0n) is 14.1. The van der Waals surface area contributed by atoms with E-state index in [1.54, 1.807) is 60.7 Å². The molecule has 0 saturated carbocycles. The molecule has 0 spiro atoms. The van der Waals surface area contributed by atoms with Crippen molar-refractivity contribution in [1.29, 1.82) is 0 Å². The molecule has 0 amide bonds. The van der Waals surface area contributed by atoms with Gasteiger partial charge < -0.3 is 0 Å². The van der Waals surface area contributed by atoms with Gasteiger partial charge in [0.25, 0.3) is 11.6 Å². The molecule has 0 radical (unpaired) electrons. The molecule has 1 aromatic heterocycles. The third kappa shape index (κ3) is 4.40. The lowest BCUT2D eigenvalue weighted by Crippen LogP contribution is -1.96. The first-order chi connectivity index (χ1) is 13.5. The Kier molecular flexibility index (Phi) is 5.46. The van der Waals surface area contributed by atoms with Crippen LogP contribution < -0.4 is 0 Å². The van der Waals surface area contributed by atoms with Crippen LogP contribution in [0.2, 0.25) is 0 Å². The summed E-state index contributed by atoms with van der Waals surface area (Å²) in [6.45, 7) is 0. The average molecular weight is 377 g/mol. The van der Waals surface area contributed by atoms with Gasteiger partial charge in [-0.1, -0.05) is 36.4 Å². The van der Waals surface area contributed by atoms with E-state index in [-0.39, 0.29) is 0 Å². The van der Waals surface area contributed by atoms with Crippen molar-refractivity contribution in [2.24, 2.45) is 20.5 Å². The highest BCUT2D eigenvalue weighted by atomic mass is 16.6. The monoisotopic (exact) mass is 377 g/mol. The van der Waals surface area contributed by atoms with E-state index in [0.29, 0.717) is 11.4 Å². The molecule has 0 aliphatic rings. The summed E-state index contributed by atoms with van der Waals surface area (Å²) in [4.78, 5) is 24.8. The zero-order valence-corrected chi connectivity index (χ0v) is 14.1. The number of hydrogen-bond donors (Lipinski definition) is 0. The summed E-state index contributed by atoms with van der Waals surface area (Å²) < 4.78 is 0. The van der Waals surface area contributed by atoms with Crippen molar-refractivity contribution in [3.63, 3.8) is 0 Å². The molecule has 0 atom stereocenters. The minimum atomic E-state index is -0.822. The Balaban J connectivity index is 2.07. The lowest BCUT2D eigenvalue weighted by molar-refractivity contribution is -0.393. The summed E-state index contributed by atoms with van der Waals surface area (Å²) >= 11 is 0. The molecule has 28 heavy (non-hydrogen) atoms. The van der Waals surface area contributed by atoms with Crippen LogP contribution in [0.25, 0.3) is 0 Å². The van der Waals surface area contributed by atoms with Gasteiger partial charge in [0, 0.05) is 0 Å². The van der Waals surface area contributed by atoms with Gasteiger partial charge in [0.05, 0.1) is 21.2 Å². The topological polar surface area (TPSA) is 149 Å². The van der Waals surface area contributed by atoms with Crippen molar-refractivity contribution >= 4 is 34.4 Å². The lowest BCUT2D eigenvalue weighted by Gasteiger charge is -2.00. The van der Waals surface area contributed by atoms with E-state index in [0.717, 1.165) is 6.07 Å². The predicted octanol–water partition coefficient (Wildman–Crippen LogP) is 5.73. The Bertz CT molecular complexity index is 987. The summed E-state index contributed by atoms with van der Waals surface area (Å²) in [5.74, 6) is -0.831. The molecule has 0 aliphatic carbocycles. The summed E-state index contributed by atoms with van der Waals surface area (Å²) in [6.07, 6.45) is 0. The molecule has 11 heteroatoms. The van der Waals surface area contributed by atoms with Crippen molar-refractivity contribution in [3.8, 4) is 0 Å². The molecular weight excluding hydrogens is 366 g/mol. The Morgan fingerprint density at radius 3 is 1.39 bits per heavy atom. The molecule has 3 aromatic rings. The van der Waals surface area contributed by atoms with Crippen LogP contribution in [0.1, 0.15) is 0 Å². The van der Waals surface area contributed by atoms with Crippen LogP contribution in [0.15, 0.2) is 87.2 Å². The molecule has 0 N–H and O–H groups in total. The number of benzene rings is 2. The largest absolute Gasteiger partial charge is 0.322 e. The molecule has 0 fully saturated rings. The molecule has 0 unspecified atom stereocenters. The van der Waals surface area contributed by atoms with Crippen molar-refractivity contribution in [2.45, 2.75) is 0 Å². The SMILES string of the molecule is O=[N+]([O-])c1cc([N+](=O)[O-])c(N=Nc2ccccc2)nc1N=Nc1ccccc1. The Morgan fingerprint density at radius 1 is 0.643 bits per heavy atom. The quantitative estimate of drug-likeness (QED) is 0.305. The Labute approximate surface area is 157 Å². The maximum atomic E-state index is 11.3. The summed E-state index contributed by atoms with van der Waals surface area (Å²) in [6, 6.07) is 17.7. The van der Waals surface area contributed by atoms with Gasteiger partial charge in [0.15, 0.2) is 0 Å². The van der Waals surface area contributed by atoms with Gasteiger partial charge in [-0.15, -0.1) is 20.5 Å². The molecule has 3 rings (SSSR count). The van der Waals surface area contributed by atoms with Crippen LogP contribution in [0.4, 0.5) is 34.4 Å². The molecular formula is C17H11N7O4. The first-order valence-electron chi connectivity index (χ1n) is 7.82. The minimum absolute atomic E-state index is 0.415. The van der Waals surface area contributed by atoms with E-state index in [4.69, 9.17) is 0 Å². The number of nitro groups is 2. The molecule has 2 aromatic carbocycles. The molecule has 0 saturated heterocycles. The molecule has 138 valence electrons. The number of nitrogens with zero attached hydrogens (tertiary/aromatic N) is 7. The normalized spacial score (nSPS) is 11.1. The number of azo groups is 2. The zero-order chi connectivity index (χ0) is 19.9. The molecule has 0 aliphatic heterocycles. The fourth-order valence-corrected chi connectivity index (χ4v) is 2.09. The molecule has 11 nitrogen and oxygen atoms in total. The first-order valence-corrected chi connectivity index (χ1v) is 7.82. The van der Waals surface area contributed by atoms with Gasteiger partial charge in [-0.25, -0.2) is 0 Å². The summed E-state index contributed by atoms with van der Waals surface area (Å²) in [5, 5.41) is 37.8. The van der Waals surface area contributed by atoms with E-state index >= 15 is 0 Å². The molecule has 0 bridgehead atoms. The Morgan fingerprint density at radius 2 is 1.04 bits per heavy atom. The highest BCUT2D eigenvalue weighted by molar-refractivity contribution is 5.65.